The van der Waals surface area contributed by atoms with Gasteiger partial charge in [0, 0.05) is 50.5 Å². The Morgan fingerprint density at radius 3 is 2.08 bits per heavy atom. The molecule has 0 unspecified atom stereocenters. The molecule has 2 aliphatic heterocycles. The smallest absolute Gasteiger partial charge is 0.321 e. The van der Waals surface area contributed by atoms with Crippen molar-refractivity contribution in [2.24, 2.45) is 0 Å². The average molecular weight is 362 g/mol. The van der Waals surface area contributed by atoms with E-state index in [4.69, 9.17) is 6.42 Å². The van der Waals surface area contributed by atoms with Crippen LogP contribution < -0.4 is 5.32 Å². The number of carbonyl (C=O) groups is 1. The summed E-state index contributed by atoms with van der Waals surface area (Å²) in [6, 6.07) is 6.79. The third-order valence-corrected chi connectivity index (χ3v) is 6.58. The summed E-state index contributed by atoms with van der Waals surface area (Å²) < 4.78 is 28.1. The van der Waals surface area contributed by atoms with Gasteiger partial charge in [-0.3, -0.25) is 0 Å². The maximum Gasteiger partial charge on any atom is 0.321 e. The van der Waals surface area contributed by atoms with Crippen LogP contribution in [0.5, 0.6) is 0 Å². The zero-order chi connectivity index (χ0) is 17.9. The highest BCUT2D eigenvalue weighted by molar-refractivity contribution is 7.86. The minimum atomic E-state index is -3.39. The Morgan fingerprint density at radius 2 is 1.52 bits per heavy atom. The van der Waals surface area contributed by atoms with Crippen molar-refractivity contribution in [2.45, 2.75) is 12.8 Å². The van der Waals surface area contributed by atoms with Crippen LogP contribution in [0.2, 0.25) is 0 Å². The Bertz CT molecular complexity index is 756. The van der Waals surface area contributed by atoms with Crippen molar-refractivity contribution in [3.05, 3.63) is 29.8 Å². The lowest BCUT2D eigenvalue weighted by Crippen LogP contribution is -2.54. The Balaban J connectivity index is 1.54. The van der Waals surface area contributed by atoms with E-state index in [1.54, 1.807) is 29.2 Å². The molecule has 0 spiro atoms. The number of amides is 2. The Hall–Kier alpha value is -2.08. The van der Waals surface area contributed by atoms with E-state index in [0.29, 0.717) is 45.0 Å². The molecule has 0 radical (unpaired) electrons. The number of carbonyl (C=O) groups excluding carboxylic acids is 1. The third-order valence-electron chi connectivity index (χ3n) is 4.55. The molecule has 3 rings (SSSR count). The summed E-state index contributed by atoms with van der Waals surface area (Å²) in [5.74, 6) is 2.52. The number of nitrogens with zero attached hydrogens (tertiary/aromatic N) is 3. The predicted octanol–water partition coefficient (Wildman–Crippen LogP) is 1.16. The lowest BCUT2D eigenvalue weighted by molar-refractivity contribution is 0.181. The van der Waals surface area contributed by atoms with Crippen LogP contribution in [-0.4, -0.2) is 67.2 Å². The van der Waals surface area contributed by atoms with Crippen LogP contribution in [0, 0.1) is 12.3 Å². The van der Waals surface area contributed by atoms with E-state index in [2.05, 4.69) is 11.2 Å². The number of anilines is 1. The lowest BCUT2D eigenvalue weighted by atomic mass is 10.2. The van der Waals surface area contributed by atoms with Crippen LogP contribution in [0.3, 0.4) is 0 Å². The van der Waals surface area contributed by atoms with Crippen molar-refractivity contribution in [1.82, 2.24) is 13.5 Å². The van der Waals surface area contributed by atoms with E-state index in [1.165, 1.54) is 8.61 Å². The first kappa shape index (κ1) is 17.7. The van der Waals surface area contributed by atoms with Gasteiger partial charge >= 0.3 is 6.03 Å². The summed E-state index contributed by atoms with van der Waals surface area (Å²) in [4.78, 5) is 14.0. The summed E-state index contributed by atoms with van der Waals surface area (Å²) in [5.41, 5.74) is 1.41. The zero-order valence-electron chi connectivity index (χ0n) is 14.0. The second-order valence-electron chi connectivity index (χ2n) is 6.15. The molecule has 0 saturated carbocycles. The standard InChI is InChI=1S/C17H22N4O3S/c1-2-15-5-7-16(8-6-15)18-17(22)19-11-13-21(14-12-19)25(23,24)20-9-3-4-10-20/h1,5-8H,3-4,9-14H2,(H,18,22). The number of hydrogen-bond acceptors (Lipinski definition) is 3. The monoisotopic (exact) mass is 362 g/mol. The van der Waals surface area contributed by atoms with Gasteiger partial charge < -0.3 is 10.2 Å². The van der Waals surface area contributed by atoms with Crippen molar-refractivity contribution in [2.75, 3.05) is 44.6 Å². The first-order chi connectivity index (χ1) is 12.0. The van der Waals surface area contributed by atoms with Crippen molar-refractivity contribution in [3.63, 3.8) is 0 Å². The van der Waals surface area contributed by atoms with E-state index >= 15 is 0 Å². The van der Waals surface area contributed by atoms with Gasteiger partial charge in [-0.1, -0.05) is 5.92 Å². The first-order valence-corrected chi connectivity index (χ1v) is 9.78. The molecular weight excluding hydrogens is 340 g/mol. The number of hydrogen-bond donors (Lipinski definition) is 1. The molecule has 2 fully saturated rings. The molecule has 2 aliphatic rings. The molecule has 0 aromatic heterocycles. The number of piperazine rings is 1. The van der Waals surface area contributed by atoms with Crippen LogP contribution in [0.15, 0.2) is 24.3 Å². The number of rotatable bonds is 3. The summed E-state index contributed by atoms with van der Waals surface area (Å²) in [6.07, 6.45) is 7.14. The van der Waals surface area contributed by atoms with Gasteiger partial charge in [0.2, 0.25) is 0 Å². The van der Waals surface area contributed by atoms with Crippen molar-refractivity contribution < 1.29 is 13.2 Å². The molecule has 1 aromatic rings. The minimum Gasteiger partial charge on any atom is -0.322 e. The lowest BCUT2D eigenvalue weighted by Gasteiger charge is -2.35. The summed E-state index contributed by atoms with van der Waals surface area (Å²) in [7, 11) is -3.39. The average Bonchev–Trinajstić information content (AvgIpc) is 3.18. The summed E-state index contributed by atoms with van der Waals surface area (Å²) in [6.45, 7) is 2.58. The summed E-state index contributed by atoms with van der Waals surface area (Å²) >= 11 is 0. The van der Waals surface area contributed by atoms with Crippen LogP contribution in [0.4, 0.5) is 10.5 Å². The quantitative estimate of drug-likeness (QED) is 0.820. The van der Waals surface area contributed by atoms with Crippen LogP contribution in [0.1, 0.15) is 18.4 Å². The largest absolute Gasteiger partial charge is 0.322 e. The second-order valence-corrected chi connectivity index (χ2v) is 8.08. The fraction of sp³-hybridized carbons (Fsp3) is 0.471. The maximum atomic E-state index is 12.5. The maximum absolute atomic E-state index is 12.5. The first-order valence-electron chi connectivity index (χ1n) is 8.38. The Labute approximate surface area is 148 Å². The van der Waals surface area contributed by atoms with Crippen molar-refractivity contribution in [3.8, 4) is 12.3 Å². The molecule has 0 bridgehead atoms. The van der Waals surface area contributed by atoms with Gasteiger partial charge in [-0.25, -0.2) is 4.79 Å². The van der Waals surface area contributed by atoms with Crippen LogP contribution in [-0.2, 0) is 10.2 Å². The molecule has 1 aromatic carbocycles. The normalized spacial score (nSPS) is 19.6. The molecular formula is C17H22N4O3S. The molecule has 7 nitrogen and oxygen atoms in total. The van der Waals surface area contributed by atoms with Gasteiger partial charge in [-0.05, 0) is 37.1 Å². The van der Waals surface area contributed by atoms with Crippen molar-refractivity contribution >= 4 is 21.9 Å². The van der Waals surface area contributed by atoms with Gasteiger partial charge in [-0.15, -0.1) is 6.42 Å². The van der Waals surface area contributed by atoms with E-state index < -0.39 is 10.2 Å². The molecule has 134 valence electrons. The van der Waals surface area contributed by atoms with E-state index in [1.807, 2.05) is 0 Å². The molecule has 8 heteroatoms. The van der Waals surface area contributed by atoms with Crippen molar-refractivity contribution in [1.29, 1.82) is 0 Å². The minimum absolute atomic E-state index is 0.230. The fourth-order valence-corrected chi connectivity index (χ4v) is 4.73. The molecule has 0 atom stereocenters. The second kappa shape index (κ2) is 7.44. The van der Waals surface area contributed by atoms with E-state index in [-0.39, 0.29) is 6.03 Å². The summed E-state index contributed by atoms with van der Waals surface area (Å²) in [5, 5.41) is 2.81. The highest BCUT2D eigenvalue weighted by Gasteiger charge is 2.34. The van der Waals surface area contributed by atoms with Gasteiger partial charge in [0.15, 0.2) is 0 Å². The predicted molar refractivity (Wildman–Crippen MR) is 96.3 cm³/mol. The molecule has 1 N–H and O–H groups in total. The molecule has 0 aliphatic carbocycles. The van der Waals surface area contributed by atoms with Gasteiger partial charge in [0.05, 0.1) is 0 Å². The van der Waals surface area contributed by atoms with Gasteiger partial charge in [0.1, 0.15) is 0 Å². The molecule has 25 heavy (non-hydrogen) atoms. The highest BCUT2D eigenvalue weighted by Crippen LogP contribution is 2.18. The number of benzene rings is 1. The van der Waals surface area contributed by atoms with E-state index in [9.17, 15) is 13.2 Å². The molecule has 2 amide bonds. The Morgan fingerprint density at radius 1 is 0.960 bits per heavy atom. The van der Waals surface area contributed by atoms with Gasteiger partial charge in [-0.2, -0.15) is 17.0 Å². The number of terminal acetylenes is 1. The van der Waals surface area contributed by atoms with Gasteiger partial charge in [0.25, 0.3) is 10.2 Å². The van der Waals surface area contributed by atoms with E-state index in [0.717, 1.165) is 18.4 Å². The van der Waals surface area contributed by atoms with Crippen LogP contribution >= 0.6 is 0 Å². The number of urea groups is 1. The Kier molecular flexibility index (Phi) is 5.27. The highest BCUT2D eigenvalue weighted by atomic mass is 32.2. The SMILES string of the molecule is C#Cc1ccc(NC(=O)N2CCN(S(=O)(=O)N3CCCC3)CC2)cc1. The third kappa shape index (κ3) is 3.95. The fourth-order valence-electron chi connectivity index (χ4n) is 3.06. The topological polar surface area (TPSA) is 73.0 Å². The molecule has 2 saturated heterocycles. The van der Waals surface area contributed by atoms with Crippen LogP contribution in [0.25, 0.3) is 0 Å². The molecule has 2 heterocycles. The zero-order valence-corrected chi connectivity index (χ0v) is 14.8. The number of nitrogens with one attached hydrogen (secondary N) is 1.